The van der Waals surface area contributed by atoms with Crippen LogP contribution in [0.1, 0.15) is 33.5 Å². The number of piperazine rings is 1. The van der Waals surface area contributed by atoms with Gasteiger partial charge < -0.3 is 10.2 Å². The van der Waals surface area contributed by atoms with E-state index in [1.54, 1.807) is 0 Å². The first kappa shape index (κ1) is 15.7. The normalized spacial score (nSPS) is 20.1. The molecule has 1 aromatic rings. The third-order valence-corrected chi connectivity index (χ3v) is 4.24. The smallest absolute Gasteiger partial charge is 0.202 e. The van der Waals surface area contributed by atoms with Crippen molar-refractivity contribution in [2.45, 2.75) is 39.2 Å². The molecule has 6 heteroatoms. The lowest BCUT2D eigenvalue weighted by atomic mass is 9.96. The van der Waals surface area contributed by atoms with E-state index in [1.807, 2.05) is 0 Å². The number of nitrogens with zero attached hydrogens (tertiary/aromatic N) is 4. The minimum absolute atomic E-state index is 0.0249. The first-order valence-electron chi connectivity index (χ1n) is 7.36. The van der Waals surface area contributed by atoms with E-state index in [9.17, 15) is 0 Å². The Balaban J connectivity index is 1.82. The molecular weight excluding hydrogens is 270 g/mol. The van der Waals surface area contributed by atoms with Gasteiger partial charge in [-0.25, -0.2) is 4.98 Å². The molecule has 1 fully saturated rings. The van der Waals surface area contributed by atoms with Gasteiger partial charge in [0.1, 0.15) is 5.82 Å². The van der Waals surface area contributed by atoms with Crippen LogP contribution in [0.4, 0.5) is 5.13 Å². The van der Waals surface area contributed by atoms with Gasteiger partial charge in [-0.1, -0.05) is 20.8 Å². The highest BCUT2D eigenvalue weighted by molar-refractivity contribution is 7.09. The molecule has 1 saturated heterocycles. The SMILES string of the molecule is CC(CN1CCN(C)CC1)Nc1nc(C(C)(C)C)ns1. The molecule has 1 atom stereocenters. The molecule has 0 aromatic carbocycles. The quantitative estimate of drug-likeness (QED) is 0.919. The van der Waals surface area contributed by atoms with Crippen molar-refractivity contribution in [3.05, 3.63) is 5.82 Å². The maximum absolute atomic E-state index is 4.60. The number of nitrogens with one attached hydrogen (secondary N) is 1. The lowest BCUT2D eigenvalue weighted by Gasteiger charge is -2.33. The Hall–Kier alpha value is -0.720. The highest BCUT2D eigenvalue weighted by atomic mass is 32.1. The summed E-state index contributed by atoms with van der Waals surface area (Å²) in [5.74, 6) is 0.928. The predicted molar refractivity (Wildman–Crippen MR) is 85.6 cm³/mol. The van der Waals surface area contributed by atoms with E-state index in [4.69, 9.17) is 0 Å². The molecule has 0 radical (unpaired) electrons. The van der Waals surface area contributed by atoms with Crippen LogP contribution in [0, 0.1) is 0 Å². The van der Waals surface area contributed by atoms with E-state index >= 15 is 0 Å². The van der Waals surface area contributed by atoms with Gasteiger partial charge >= 0.3 is 0 Å². The van der Waals surface area contributed by atoms with Crippen molar-refractivity contribution in [2.24, 2.45) is 0 Å². The van der Waals surface area contributed by atoms with Crippen LogP contribution in [0.3, 0.4) is 0 Å². The third kappa shape index (κ3) is 4.40. The molecule has 0 spiro atoms. The average Bonchev–Trinajstić information content (AvgIpc) is 2.80. The van der Waals surface area contributed by atoms with Gasteiger partial charge in [-0.05, 0) is 14.0 Å². The molecule has 20 heavy (non-hydrogen) atoms. The van der Waals surface area contributed by atoms with E-state index in [1.165, 1.54) is 24.6 Å². The Morgan fingerprint density at radius 3 is 2.45 bits per heavy atom. The van der Waals surface area contributed by atoms with Crippen molar-refractivity contribution in [3.8, 4) is 0 Å². The summed E-state index contributed by atoms with van der Waals surface area (Å²) in [6.07, 6.45) is 0. The molecule has 0 aliphatic carbocycles. The second-order valence-corrected chi connectivity index (χ2v) is 7.57. The summed E-state index contributed by atoms with van der Waals surface area (Å²) in [5, 5.41) is 4.42. The molecule has 1 aliphatic heterocycles. The zero-order valence-electron chi connectivity index (χ0n) is 13.3. The fraction of sp³-hybridized carbons (Fsp3) is 0.857. The minimum atomic E-state index is 0.0249. The molecule has 1 unspecified atom stereocenters. The molecule has 1 N–H and O–H groups in total. The van der Waals surface area contributed by atoms with Crippen molar-refractivity contribution in [1.82, 2.24) is 19.2 Å². The molecule has 0 amide bonds. The molecule has 2 rings (SSSR count). The topological polar surface area (TPSA) is 44.3 Å². The van der Waals surface area contributed by atoms with Crippen molar-refractivity contribution >= 4 is 16.7 Å². The Kier molecular flexibility index (Phi) is 4.99. The monoisotopic (exact) mass is 297 g/mol. The zero-order valence-corrected chi connectivity index (χ0v) is 14.1. The van der Waals surface area contributed by atoms with Crippen molar-refractivity contribution in [1.29, 1.82) is 0 Å². The Morgan fingerprint density at radius 2 is 1.90 bits per heavy atom. The zero-order chi connectivity index (χ0) is 14.8. The Bertz CT molecular complexity index is 417. The summed E-state index contributed by atoms with van der Waals surface area (Å²) in [4.78, 5) is 9.50. The van der Waals surface area contributed by atoms with Crippen LogP contribution in [0.5, 0.6) is 0 Å². The van der Waals surface area contributed by atoms with Crippen LogP contribution in [-0.2, 0) is 5.41 Å². The highest BCUT2D eigenvalue weighted by Gasteiger charge is 2.21. The summed E-state index contributed by atoms with van der Waals surface area (Å²) < 4.78 is 4.45. The van der Waals surface area contributed by atoms with Gasteiger partial charge in [0.15, 0.2) is 0 Å². The first-order chi connectivity index (χ1) is 9.34. The third-order valence-electron chi connectivity index (χ3n) is 3.59. The van der Waals surface area contributed by atoms with Crippen LogP contribution in [0.15, 0.2) is 0 Å². The maximum atomic E-state index is 4.60. The average molecular weight is 297 g/mol. The van der Waals surface area contributed by atoms with Gasteiger partial charge in [-0.2, -0.15) is 4.37 Å². The number of hydrogen-bond donors (Lipinski definition) is 1. The lowest BCUT2D eigenvalue weighted by Crippen LogP contribution is -2.47. The number of likely N-dealkylation sites (N-methyl/N-ethyl adjacent to an activating group) is 1. The molecular formula is C14H27N5S. The fourth-order valence-electron chi connectivity index (χ4n) is 2.26. The van der Waals surface area contributed by atoms with Gasteiger partial charge in [0.05, 0.1) is 0 Å². The highest BCUT2D eigenvalue weighted by Crippen LogP contribution is 2.23. The van der Waals surface area contributed by atoms with Crippen molar-refractivity contribution < 1.29 is 0 Å². The van der Waals surface area contributed by atoms with Crippen LogP contribution >= 0.6 is 11.5 Å². The second-order valence-electron chi connectivity index (χ2n) is 6.82. The summed E-state index contributed by atoms with van der Waals surface area (Å²) in [6.45, 7) is 14.4. The minimum Gasteiger partial charge on any atom is -0.357 e. The summed E-state index contributed by atoms with van der Waals surface area (Å²) in [6, 6.07) is 0.402. The van der Waals surface area contributed by atoms with E-state index in [2.05, 4.69) is 59.2 Å². The van der Waals surface area contributed by atoms with E-state index < -0.39 is 0 Å². The molecule has 114 valence electrons. The van der Waals surface area contributed by atoms with Crippen LogP contribution in [-0.4, -0.2) is 65.0 Å². The number of anilines is 1. The largest absolute Gasteiger partial charge is 0.357 e. The lowest BCUT2D eigenvalue weighted by molar-refractivity contribution is 0.151. The number of hydrogen-bond acceptors (Lipinski definition) is 6. The predicted octanol–water partition coefficient (Wildman–Crippen LogP) is 1.88. The molecule has 1 aromatic heterocycles. The standard InChI is InChI=1S/C14H27N5S/c1-11(10-19-8-6-18(5)7-9-19)15-13-16-12(17-20-13)14(2,3)4/h11H,6-10H2,1-5H3,(H,15,16,17). The Morgan fingerprint density at radius 1 is 1.25 bits per heavy atom. The van der Waals surface area contributed by atoms with E-state index in [0.717, 1.165) is 30.6 Å². The van der Waals surface area contributed by atoms with Crippen LogP contribution in [0.2, 0.25) is 0 Å². The van der Waals surface area contributed by atoms with Gasteiger partial charge in [-0.3, -0.25) is 4.90 Å². The fourth-order valence-corrected chi connectivity index (χ4v) is 3.13. The molecule has 2 heterocycles. The first-order valence-corrected chi connectivity index (χ1v) is 8.13. The summed E-state index contributed by atoms with van der Waals surface area (Å²) in [5.41, 5.74) is 0.0249. The van der Waals surface area contributed by atoms with E-state index in [0.29, 0.717) is 6.04 Å². The Labute approximate surface area is 126 Å². The number of rotatable bonds is 4. The maximum Gasteiger partial charge on any atom is 0.202 e. The van der Waals surface area contributed by atoms with Crippen LogP contribution in [0.25, 0.3) is 0 Å². The summed E-state index contributed by atoms with van der Waals surface area (Å²) >= 11 is 1.47. The van der Waals surface area contributed by atoms with Crippen LogP contribution < -0.4 is 5.32 Å². The summed E-state index contributed by atoms with van der Waals surface area (Å²) in [7, 11) is 2.19. The molecule has 0 saturated carbocycles. The molecule has 0 bridgehead atoms. The molecule has 1 aliphatic rings. The van der Waals surface area contributed by atoms with Gasteiger partial charge in [0.2, 0.25) is 5.13 Å². The van der Waals surface area contributed by atoms with Crippen molar-refractivity contribution in [3.63, 3.8) is 0 Å². The number of aromatic nitrogens is 2. The van der Waals surface area contributed by atoms with Gasteiger partial charge in [0, 0.05) is 55.7 Å². The van der Waals surface area contributed by atoms with Gasteiger partial charge in [0.25, 0.3) is 0 Å². The second kappa shape index (κ2) is 6.37. The van der Waals surface area contributed by atoms with Crippen molar-refractivity contribution in [2.75, 3.05) is 45.1 Å². The van der Waals surface area contributed by atoms with Gasteiger partial charge in [-0.15, -0.1) is 0 Å². The van der Waals surface area contributed by atoms with E-state index in [-0.39, 0.29) is 5.41 Å². The molecule has 5 nitrogen and oxygen atoms in total.